The molecule has 0 aromatic heterocycles. The van der Waals surface area contributed by atoms with E-state index in [0.29, 0.717) is 27.9 Å². The first-order chi connectivity index (χ1) is 11.9. The van der Waals surface area contributed by atoms with Crippen molar-refractivity contribution in [2.24, 2.45) is 0 Å². The summed E-state index contributed by atoms with van der Waals surface area (Å²) in [6.45, 7) is 3.54. The van der Waals surface area contributed by atoms with Gasteiger partial charge < -0.3 is 10.1 Å². The topological polar surface area (TPSA) is 55.4 Å². The third-order valence-electron chi connectivity index (χ3n) is 3.52. The molecule has 25 heavy (non-hydrogen) atoms. The summed E-state index contributed by atoms with van der Waals surface area (Å²) in [4.78, 5) is 23.6. The van der Waals surface area contributed by atoms with Crippen molar-refractivity contribution in [2.45, 2.75) is 33.3 Å². The third-order valence-corrected chi connectivity index (χ3v) is 4.26. The fourth-order valence-corrected chi connectivity index (χ4v) is 2.72. The lowest BCUT2D eigenvalue weighted by atomic mass is 10.1. The maximum atomic E-state index is 13.1. The van der Waals surface area contributed by atoms with Crippen LogP contribution in [-0.2, 0) is 11.4 Å². The highest BCUT2D eigenvalue weighted by Crippen LogP contribution is 2.26. The molecule has 2 rings (SSSR count). The quantitative estimate of drug-likeness (QED) is 0.648. The van der Waals surface area contributed by atoms with Gasteiger partial charge in [-0.05, 0) is 43.7 Å². The first-order valence-electron chi connectivity index (χ1n) is 7.92. The number of Topliss-reactive ketones (excluding diaryl/α,β-unsaturated/α-hetero) is 1. The Hall–Kier alpha value is -2.21. The number of carbonyl (C=O) groups is 2. The van der Waals surface area contributed by atoms with E-state index in [1.807, 2.05) is 6.92 Å². The SMILES string of the molecule is CCCC(=O)Nc1ccc(OCc2ccc(F)cc2Br)c(C(C)=O)c1. The monoisotopic (exact) mass is 407 g/mol. The van der Waals surface area contributed by atoms with Crippen LogP contribution in [0.25, 0.3) is 0 Å². The minimum Gasteiger partial charge on any atom is -0.488 e. The minimum absolute atomic E-state index is 0.0964. The highest BCUT2D eigenvalue weighted by molar-refractivity contribution is 9.10. The van der Waals surface area contributed by atoms with Crippen LogP contribution in [0, 0.1) is 5.82 Å². The van der Waals surface area contributed by atoms with Crippen LogP contribution < -0.4 is 10.1 Å². The predicted octanol–water partition coefficient (Wildman–Crippen LogP) is 5.11. The van der Waals surface area contributed by atoms with E-state index in [2.05, 4.69) is 21.2 Å². The molecule has 1 amide bonds. The van der Waals surface area contributed by atoms with E-state index in [9.17, 15) is 14.0 Å². The number of amides is 1. The number of halogens is 2. The molecule has 0 radical (unpaired) electrons. The van der Waals surface area contributed by atoms with Gasteiger partial charge in [0, 0.05) is 22.1 Å². The number of hydrogen-bond donors (Lipinski definition) is 1. The van der Waals surface area contributed by atoms with E-state index in [4.69, 9.17) is 4.74 Å². The summed E-state index contributed by atoms with van der Waals surface area (Å²) >= 11 is 3.29. The molecular formula is C19H19BrFNO3. The van der Waals surface area contributed by atoms with Crippen molar-refractivity contribution in [3.8, 4) is 5.75 Å². The highest BCUT2D eigenvalue weighted by atomic mass is 79.9. The number of ketones is 1. The van der Waals surface area contributed by atoms with Crippen LogP contribution in [0.5, 0.6) is 5.75 Å². The van der Waals surface area contributed by atoms with E-state index >= 15 is 0 Å². The zero-order chi connectivity index (χ0) is 18.4. The Kier molecular flexibility index (Phi) is 6.70. The van der Waals surface area contributed by atoms with Gasteiger partial charge in [0.15, 0.2) is 5.78 Å². The average Bonchev–Trinajstić information content (AvgIpc) is 2.55. The summed E-state index contributed by atoms with van der Waals surface area (Å²) in [6, 6.07) is 9.26. The van der Waals surface area contributed by atoms with Gasteiger partial charge in [-0.2, -0.15) is 0 Å². The number of benzene rings is 2. The zero-order valence-corrected chi connectivity index (χ0v) is 15.7. The molecule has 6 heteroatoms. The van der Waals surface area contributed by atoms with Crippen molar-refractivity contribution in [1.29, 1.82) is 0 Å². The second-order valence-corrected chi connectivity index (χ2v) is 6.44. The number of hydrogen-bond acceptors (Lipinski definition) is 3. The molecule has 0 saturated carbocycles. The summed E-state index contributed by atoms with van der Waals surface area (Å²) < 4.78 is 19.5. The molecular weight excluding hydrogens is 389 g/mol. The van der Waals surface area contributed by atoms with Crippen LogP contribution in [0.3, 0.4) is 0 Å². The summed E-state index contributed by atoms with van der Waals surface area (Å²) in [5.41, 5.74) is 1.70. The normalized spacial score (nSPS) is 10.4. The van der Waals surface area contributed by atoms with Gasteiger partial charge >= 0.3 is 0 Å². The van der Waals surface area contributed by atoms with Gasteiger partial charge in [0.05, 0.1) is 5.56 Å². The van der Waals surface area contributed by atoms with E-state index in [1.165, 1.54) is 19.1 Å². The lowest BCUT2D eigenvalue weighted by molar-refractivity contribution is -0.116. The van der Waals surface area contributed by atoms with Crippen molar-refractivity contribution >= 4 is 33.3 Å². The molecule has 2 aromatic carbocycles. The molecule has 0 aliphatic heterocycles. The maximum Gasteiger partial charge on any atom is 0.224 e. The smallest absolute Gasteiger partial charge is 0.224 e. The van der Waals surface area contributed by atoms with E-state index < -0.39 is 0 Å². The van der Waals surface area contributed by atoms with Gasteiger partial charge in [0.1, 0.15) is 18.2 Å². The molecule has 0 spiro atoms. The van der Waals surface area contributed by atoms with Crippen molar-refractivity contribution in [1.82, 2.24) is 0 Å². The van der Waals surface area contributed by atoms with Gasteiger partial charge in [-0.3, -0.25) is 9.59 Å². The second-order valence-electron chi connectivity index (χ2n) is 5.59. The summed E-state index contributed by atoms with van der Waals surface area (Å²) in [6.07, 6.45) is 1.17. The number of ether oxygens (including phenoxy) is 1. The van der Waals surface area contributed by atoms with Gasteiger partial charge in [0.2, 0.25) is 5.91 Å². The van der Waals surface area contributed by atoms with Crippen LogP contribution >= 0.6 is 15.9 Å². The summed E-state index contributed by atoms with van der Waals surface area (Å²) in [7, 11) is 0. The average molecular weight is 408 g/mol. The standard InChI is InChI=1S/C19H19BrFNO3/c1-3-4-19(24)22-15-7-8-18(16(10-15)12(2)23)25-11-13-5-6-14(21)9-17(13)20/h5-10H,3-4,11H2,1-2H3,(H,22,24). The van der Waals surface area contributed by atoms with E-state index in [-0.39, 0.29) is 24.1 Å². The van der Waals surface area contributed by atoms with Crippen LogP contribution in [0.15, 0.2) is 40.9 Å². The van der Waals surface area contributed by atoms with Crippen molar-refractivity contribution in [2.75, 3.05) is 5.32 Å². The molecule has 0 saturated heterocycles. The molecule has 0 aliphatic rings. The van der Waals surface area contributed by atoms with Crippen LogP contribution in [-0.4, -0.2) is 11.7 Å². The molecule has 2 aromatic rings. The van der Waals surface area contributed by atoms with Crippen LogP contribution in [0.2, 0.25) is 0 Å². The number of carbonyl (C=O) groups excluding carboxylic acids is 2. The molecule has 1 N–H and O–H groups in total. The van der Waals surface area contributed by atoms with Gasteiger partial charge in [0.25, 0.3) is 0 Å². The molecule has 0 bridgehead atoms. The Morgan fingerprint density at radius 3 is 2.60 bits per heavy atom. The lowest BCUT2D eigenvalue weighted by Crippen LogP contribution is -2.11. The molecule has 0 heterocycles. The molecule has 0 aliphatic carbocycles. The van der Waals surface area contributed by atoms with E-state index in [0.717, 1.165) is 12.0 Å². The molecule has 132 valence electrons. The largest absolute Gasteiger partial charge is 0.488 e. The number of rotatable bonds is 7. The maximum absolute atomic E-state index is 13.1. The first-order valence-corrected chi connectivity index (χ1v) is 8.71. The van der Waals surface area contributed by atoms with E-state index in [1.54, 1.807) is 24.3 Å². The molecule has 0 atom stereocenters. The first kappa shape index (κ1) is 19.1. The summed E-state index contributed by atoms with van der Waals surface area (Å²) in [5.74, 6) is -0.190. The Morgan fingerprint density at radius 2 is 1.96 bits per heavy atom. The molecule has 4 nitrogen and oxygen atoms in total. The van der Waals surface area contributed by atoms with Gasteiger partial charge in [-0.25, -0.2) is 4.39 Å². The highest BCUT2D eigenvalue weighted by Gasteiger charge is 2.12. The number of anilines is 1. The zero-order valence-electron chi connectivity index (χ0n) is 14.1. The minimum atomic E-state index is -0.341. The number of nitrogens with one attached hydrogen (secondary N) is 1. The van der Waals surface area contributed by atoms with Crippen LogP contribution in [0.1, 0.15) is 42.6 Å². The third kappa shape index (κ3) is 5.39. The Balaban J connectivity index is 2.16. The van der Waals surface area contributed by atoms with Crippen molar-refractivity contribution in [3.05, 3.63) is 57.8 Å². The fourth-order valence-electron chi connectivity index (χ4n) is 2.25. The van der Waals surface area contributed by atoms with Gasteiger partial charge in [-0.1, -0.05) is 28.9 Å². The Labute approximate surface area is 154 Å². The second kappa shape index (κ2) is 8.76. The fraction of sp³-hybridized carbons (Fsp3) is 0.263. The summed E-state index contributed by atoms with van der Waals surface area (Å²) in [5, 5.41) is 2.76. The molecule has 0 fully saturated rings. The lowest BCUT2D eigenvalue weighted by Gasteiger charge is -2.13. The predicted molar refractivity (Wildman–Crippen MR) is 98.4 cm³/mol. The van der Waals surface area contributed by atoms with Gasteiger partial charge in [-0.15, -0.1) is 0 Å². The Morgan fingerprint density at radius 1 is 1.20 bits per heavy atom. The Bertz CT molecular complexity index is 792. The van der Waals surface area contributed by atoms with Crippen molar-refractivity contribution < 1.29 is 18.7 Å². The van der Waals surface area contributed by atoms with Crippen LogP contribution in [0.4, 0.5) is 10.1 Å². The molecule has 0 unspecified atom stereocenters. The van der Waals surface area contributed by atoms with Crippen molar-refractivity contribution in [3.63, 3.8) is 0 Å².